The van der Waals surface area contributed by atoms with Gasteiger partial charge in [-0.1, -0.05) is 0 Å². The Balaban J connectivity index is 3.06. The smallest absolute Gasteiger partial charge is 0.329 e. The summed E-state index contributed by atoms with van der Waals surface area (Å²) < 4.78 is 0. The lowest BCUT2D eigenvalue weighted by atomic mass is 10.0. The first kappa shape index (κ1) is 15.9. The number of aliphatic carboxylic acids is 1. The van der Waals surface area contributed by atoms with Crippen molar-refractivity contribution in [2.75, 3.05) is 25.5 Å². The second-order valence-electron chi connectivity index (χ2n) is 5.21. The van der Waals surface area contributed by atoms with Crippen molar-refractivity contribution in [3.8, 4) is 0 Å². The molecule has 0 saturated heterocycles. The summed E-state index contributed by atoms with van der Waals surface area (Å²) in [5.41, 5.74) is -0.877. The first-order valence-electron chi connectivity index (χ1n) is 6.40. The summed E-state index contributed by atoms with van der Waals surface area (Å²) in [6, 6.07) is 3.39. The summed E-state index contributed by atoms with van der Waals surface area (Å²) in [6.45, 7) is 5.09. The second-order valence-corrected chi connectivity index (χ2v) is 5.21. The normalized spacial score (nSPS) is 11.1. The maximum atomic E-state index is 12.4. The van der Waals surface area contributed by atoms with Crippen molar-refractivity contribution < 1.29 is 14.7 Å². The zero-order valence-corrected chi connectivity index (χ0v) is 12.5. The van der Waals surface area contributed by atoms with Crippen LogP contribution in [-0.2, 0) is 4.79 Å². The van der Waals surface area contributed by atoms with Crippen LogP contribution >= 0.6 is 0 Å². The number of amides is 1. The van der Waals surface area contributed by atoms with Crippen LogP contribution in [0.3, 0.4) is 0 Å². The van der Waals surface area contributed by atoms with E-state index in [2.05, 4.69) is 4.98 Å². The summed E-state index contributed by atoms with van der Waals surface area (Å²) in [4.78, 5) is 31.0. The van der Waals surface area contributed by atoms with Crippen molar-refractivity contribution in [3.63, 3.8) is 0 Å². The summed E-state index contributed by atoms with van der Waals surface area (Å²) in [6.07, 6.45) is 1.47. The lowest BCUT2D eigenvalue weighted by molar-refractivity contribution is -0.147. The van der Waals surface area contributed by atoms with Crippen LogP contribution in [0.25, 0.3) is 0 Å². The van der Waals surface area contributed by atoms with Crippen LogP contribution in [0.5, 0.6) is 0 Å². The molecule has 1 aromatic heterocycles. The molecule has 1 N–H and O–H groups in total. The summed E-state index contributed by atoms with van der Waals surface area (Å²) in [5.74, 6) is -0.634. The van der Waals surface area contributed by atoms with Gasteiger partial charge in [-0.2, -0.15) is 0 Å². The van der Waals surface area contributed by atoms with Crippen molar-refractivity contribution >= 4 is 17.7 Å². The minimum Gasteiger partial charge on any atom is -0.480 e. The first-order chi connectivity index (χ1) is 9.21. The van der Waals surface area contributed by atoms with E-state index in [0.717, 1.165) is 5.82 Å². The van der Waals surface area contributed by atoms with Gasteiger partial charge in [0.25, 0.3) is 5.91 Å². The zero-order valence-electron chi connectivity index (χ0n) is 12.5. The van der Waals surface area contributed by atoms with E-state index >= 15 is 0 Å². The fourth-order valence-corrected chi connectivity index (χ4v) is 1.84. The van der Waals surface area contributed by atoms with E-state index in [4.69, 9.17) is 0 Å². The fourth-order valence-electron chi connectivity index (χ4n) is 1.84. The molecule has 1 amide bonds. The minimum absolute atomic E-state index is 0.313. The molecule has 0 aromatic carbocycles. The van der Waals surface area contributed by atoms with Gasteiger partial charge < -0.3 is 14.9 Å². The van der Waals surface area contributed by atoms with Crippen LogP contribution in [0.2, 0.25) is 0 Å². The molecule has 110 valence electrons. The number of nitrogens with zero attached hydrogens (tertiary/aromatic N) is 3. The molecular weight excluding hydrogens is 258 g/mol. The van der Waals surface area contributed by atoms with Gasteiger partial charge in [0.15, 0.2) is 0 Å². The number of anilines is 1. The van der Waals surface area contributed by atoms with E-state index in [1.807, 2.05) is 19.0 Å². The highest BCUT2D eigenvalue weighted by Gasteiger charge is 2.37. The topological polar surface area (TPSA) is 73.7 Å². The molecule has 0 atom stereocenters. The zero-order chi connectivity index (χ0) is 15.5. The largest absolute Gasteiger partial charge is 0.480 e. The molecule has 0 unspecified atom stereocenters. The third-order valence-electron chi connectivity index (χ3n) is 3.21. The lowest BCUT2D eigenvalue weighted by Gasteiger charge is -2.34. The number of pyridine rings is 1. The van der Waals surface area contributed by atoms with Gasteiger partial charge in [0.05, 0.1) is 5.56 Å². The molecule has 0 saturated carbocycles. The van der Waals surface area contributed by atoms with Gasteiger partial charge in [0, 0.05) is 26.8 Å². The Kier molecular flexibility index (Phi) is 4.70. The first-order valence-corrected chi connectivity index (χ1v) is 6.40. The van der Waals surface area contributed by atoms with Crippen LogP contribution in [0.15, 0.2) is 18.3 Å². The number of carbonyl (C=O) groups is 2. The van der Waals surface area contributed by atoms with Crippen LogP contribution in [0, 0.1) is 0 Å². The Labute approximate surface area is 119 Å². The maximum absolute atomic E-state index is 12.4. The summed E-state index contributed by atoms with van der Waals surface area (Å²) in [7, 11) is 3.71. The van der Waals surface area contributed by atoms with Gasteiger partial charge in [0.2, 0.25) is 0 Å². The van der Waals surface area contributed by atoms with E-state index < -0.39 is 11.5 Å². The molecule has 6 nitrogen and oxygen atoms in total. The molecular formula is C14H21N3O3. The second kappa shape index (κ2) is 5.90. The van der Waals surface area contributed by atoms with Gasteiger partial charge in [-0.25, -0.2) is 9.78 Å². The van der Waals surface area contributed by atoms with Crippen molar-refractivity contribution in [1.29, 1.82) is 0 Å². The van der Waals surface area contributed by atoms with E-state index in [1.165, 1.54) is 24.9 Å². The molecule has 0 aliphatic heterocycles. The number of hydrogen-bond donors (Lipinski definition) is 1. The van der Waals surface area contributed by atoms with Gasteiger partial charge in [-0.3, -0.25) is 4.79 Å². The van der Waals surface area contributed by atoms with Gasteiger partial charge in [-0.15, -0.1) is 0 Å². The molecule has 0 aliphatic carbocycles. The van der Waals surface area contributed by atoms with E-state index in [9.17, 15) is 14.7 Å². The Morgan fingerprint density at radius 1 is 1.30 bits per heavy atom. The van der Waals surface area contributed by atoms with E-state index in [1.54, 1.807) is 19.1 Å². The van der Waals surface area contributed by atoms with Gasteiger partial charge >= 0.3 is 5.97 Å². The third kappa shape index (κ3) is 3.07. The Bertz CT molecular complexity index is 495. The monoisotopic (exact) mass is 279 g/mol. The predicted molar refractivity (Wildman–Crippen MR) is 77.0 cm³/mol. The summed E-state index contributed by atoms with van der Waals surface area (Å²) >= 11 is 0. The van der Waals surface area contributed by atoms with Crippen molar-refractivity contribution in [2.45, 2.75) is 26.3 Å². The van der Waals surface area contributed by atoms with Crippen LogP contribution in [-0.4, -0.2) is 53.0 Å². The highest BCUT2D eigenvalue weighted by Crippen LogP contribution is 2.19. The Hall–Kier alpha value is -2.11. The molecule has 1 aromatic rings. The molecule has 1 rings (SSSR count). The number of carboxylic acids is 1. The quantitative estimate of drug-likeness (QED) is 0.883. The van der Waals surface area contributed by atoms with Crippen molar-refractivity contribution in [3.05, 3.63) is 23.9 Å². The molecule has 0 spiro atoms. The SMILES string of the molecule is CCN(C(=O)c1ccc(N(C)C)nc1)C(C)(C)C(=O)O. The van der Waals surface area contributed by atoms with E-state index in [-0.39, 0.29) is 5.91 Å². The molecule has 0 bridgehead atoms. The number of aromatic nitrogens is 1. The Morgan fingerprint density at radius 2 is 1.90 bits per heavy atom. The molecule has 1 heterocycles. The average molecular weight is 279 g/mol. The standard InChI is InChI=1S/C14H21N3O3/c1-6-17(14(2,3)13(19)20)12(18)10-7-8-11(15-9-10)16(4)5/h7-9H,6H2,1-5H3,(H,19,20). The number of carbonyl (C=O) groups excluding carboxylic acids is 1. The van der Waals surface area contributed by atoms with Gasteiger partial charge in [-0.05, 0) is 32.9 Å². The highest BCUT2D eigenvalue weighted by atomic mass is 16.4. The predicted octanol–water partition coefficient (Wildman–Crippen LogP) is 1.47. The fraction of sp³-hybridized carbons (Fsp3) is 0.500. The molecule has 0 radical (unpaired) electrons. The maximum Gasteiger partial charge on any atom is 0.329 e. The third-order valence-corrected chi connectivity index (χ3v) is 3.21. The Morgan fingerprint density at radius 3 is 2.25 bits per heavy atom. The van der Waals surface area contributed by atoms with Crippen molar-refractivity contribution in [1.82, 2.24) is 9.88 Å². The van der Waals surface area contributed by atoms with Gasteiger partial charge in [0.1, 0.15) is 11.4 Å². The molecule has 0 fully saturated rings. The van der Waals surface area contributed by atoms with Crippen LogP contribution in [0.4, 0.5) is 5.82 Å². The van der Waals surface area contributed by atoms with E-state index in [0.29, 0.717) is 12.1 Å². The van der Waals surface area contributed by atoms with Crippen molar-refractivity contribution in [2.24, 2.45) is 0 Å². The molecule has 6 heteroatoms. The average Bonchev–Trinajstić information content (AvgIpc) is 2.39. The van der Waals surface area contributed by atoms with Crippen LogP contribution < -0.4 is 4.90 Å². The number of rotatable bonds is 5. The lowest BCUT2D eigenvalue weighted by Crippen LogP contribution is -2.52. The highest BCUT2D eigenvalue weighted by molar-refractivity contribution is 5.97. The molecule has 0 aliphatic rings. The van der Waals surface area contributed by atoms with Crippen LogP contribution in [0.1, 0.15) is 31.1 Å². The number of likely N-dealkylation sites (N-methyl/N-ethyl adjacent to an activating group) is 1. The molecule has 20 heavy (non-hydrogen) atoms. The number of hydrogen-bond acceptors (Lipinski definition) is 4. The number of carboxylic acid groups (broad SMARTS) is 1. The summed E-state index contributed by atoms with van der Waals surface area (Å²) in [5, 5.41) is 9.24. The minimum atomic E-state index is -1.26.